The van der Waals surface area contributed by atoms with Crippen molar-refractivity contribution < 1.29 is 4.79 Å². The molecule has 1 nitrogen and oxygen atoms in total. The van der Waals surface area contributed by atoms with Gasteiger partial charge in [-0.05, 0) is 110 Å². The number of hydrogen-bond acceptors (Lipinski definition) is 1. The van der Waals surface area contributed by atoms with Crippen LogP contribution in [-0.2, 0) is 4.79 Å². The summed E-state index contributed by atoms with van der Waals surface area (Å²) in [4.78, 5) is 12.0. The largest absolute Gasteiger partial charge is 0.295 e. The maximum Gasteiger partial charge on any atom is 0.155 e. The van der Waals surface area contributed by atoms with Gasteiger partial charge in [0.1, 0.15) is 0 Å². The first-order valence-electron chi connectivity index (χ1n) is 12.6. The summed E-state index contributed by atoms with van der Waals surface area (Å²) in [5.41, 5.74) is 3.80. The molecule has 3 saturated carbocycles. The van der Waals surface area contributed by atoms with Crippen molar-refractivity contribution >= 4 is 5.78 Å². The van der Waals surface area contributed by atoms with Gasteiger partial charge < -0.3 is 0 Å². The smallest absolute Gasteiger partial charge is 0.155 e. The first kappa shape index (κ1) is 21.4. The summed E-state index contributed by atoms with van der Waals surface area (Å²) in [6, 6.07) is 0. The van der Waals surface area contributed by atoms with Gasteiger partial charge in [0.2, 0.25) is 0 Å². The molecule has 162 valence electrons. The van der Waals surface area contributed by atoms with E-state index < -0.39 is 0 Å². The van der Waals surface area contributed by atoms with Crippen molar-refractivity contribution in [1.82, 2.24) is 0 Å². The van der Waals surface area contributed by atoms with Crippen LogP contribution in [0, 0.1) is 46.3 Å². The highest BCUT2D eigenvalue weighted by molar-refractivity contribution is 5.91. The number of carbonyl (C=O) groups is 1. The minimum atomic E-state index is 0.316. The molecule has 0 aliphatic heterocycles. The van der Waals surface area contributed by atoms with Crippen LogP contribution in [0.3, 0.4) is 0 Å². The third-order valence-corrected chi connectivity index (χ3v) is 10.5. The third kappa shape index (κ3) is 3.49. The van der Waals surface area contributed by atoms with Gasteiger partial charge in [0.15, 0.2) is 5.78 Å². The van der Waals surface area contributed by atoms with Crippen LogP contribution in [0.15, 0.2) is 23.8 Å². The Morgan fingerprint density at radius 3 is 2.55 bits per heavy atom. The minimum Gasteiger partial charge on any atom is -0.295 e. The van der Waals surface area contributed by atoms with E-state index in [-0.39, 0.29) is 0 Å². The van der Waals surface area contributed by atoms with Crippen LogP contribution in [0.4, 0.5) is 0 Å². The maximum atomic E-state index is 12.0. The summed E-state index contributed by atoms with van der Waals surface area (Å²) in [6.07, 6.45) is 14.7. The second-order valence-electron chi connectivity index (χ2n) is 12.0. The van der Waals surface area contributed by atoms with Crippen molar-refractivity contribution in [2.75, 3.05) is 0 Å². The number of rotatable bonds is 5. The Hall–Kier alpha value is -0.850. The molecule has 0 aromatic rings. The van der Waals surface area contributed by atoms with Crippen LogP contribution in [0.2, 0.25) is 0 Å². The van der Waals surface area contributed by atoms with Gasteiger partial charge in [-0.2, -0.15) is 0 Å². The molecule has 0 bridgehead atoms. The lowest BCUT2D eigenvalue weighted by Crippen LogP contribution is -2.50. The van der Waals surface area contributed by atoms with Gasteiger partial charge in [0.25, 0.3) is 0 Å². The van der Waals surface area contributed by atoms with E-state index in [0.717, 1.165) is 42.4 Å². The predicted octanol–water partition coefficient (Wildman–Crippen LogP) is 7.76. The molecule has 0 aromatic carbocycles. The quantitative estimate of drug-likeness (QED) is 0.434. The van der Waals surface area contributed by atoms with Crippen LogP contribution in [0.5, 0.6) is 0 Å². The van der Waals surface area contributed by atoms with E-state index in [4.69, 9.17) is 0 Å². The summed E-state index contributed by atoms with van der Waals surface area (Å²) in [6.45, 7) is 16.6. The molecule has 0 spiro atoms. The lowest BCUT2D eigenvalue weighted by Gasteiger charge is -2.58. The summed E-state index contributed by atoms with van der Waals surface area (Å²) in [7, 11) is 0. The van der Waals surface area contributed by atoms with E-state index in [1.54, 1.807) is 0 Å². The van der Waals surface area contributed by atoms with Gasteiger partial charge in [-0.15, -0.1) is 0 Å². The lowest BCUT2D eigenvalue weighted by molar-refractivity contribution is -0.117. The Balaban J connectivity index is 1.49. The molecule has 4 aliphatic rings. The van der Waals surface area contributed by atoms with Crippen LogP contribution >= 0.6 is 0 Å². The van der Waals surface area contributed by atoms with Crippen LogP contribution in [0.25, 0.3) is 0 Å². The topological polar surface area (TPSA) is 17.1 Å². The third-order valence-electron chi connectivity index (χ3n) is 10.5. The van der Waals surface area contributed by atoms with E-state index in [1.807, 2.05) is 0 Å². The fourth-order valence-electron chi connectivity index (χ4n) is 8.44. The lowest BCUT2D eigenvalue weighted by atomic mass is 9.46. The van der Waals surface area contributed by atoms with E-state index in [1.165, 1.54) is 62.5 Å². The highest BCUT2D eigenvalue weighted by atomic mass is 16.1. The molecule has 0 N–H and O–H groups in total. The molecule has 29 heavy (non-hydrogen) atoms. The highest BCUT2D eigenvalue weighted by Crippen LogP contribution is 2.67. The van der Waals surface area contributed by atoms with Gasteiger partial charge in [0, 0.05) is 6.42 Å². The van der Waals surface area contributed by atoms with Gasteiger partial charge in [-0.1, -0.05) is 52.3 Å². The summed E-state index contributed by atoms with van der Waals surface area (Å²) < 4.78 is 0. The van der Waals surface area contributed by atoms with Gasteiger partial charge in [-0.25, -0.2) is 0 Å². The maximum absolute atomic E-state index is 12.0. The Bertz CT molecular complexity index is 699. The van der Waals surface area contributed by atoms with Crippen molar-refractivity contribution in [3.05, 3.63) is 23.8 Å². The zero-order chi connectivity index (χ0) is 21.0. The summed E-state index contributed by atoms with van der Waals surface area (Å²) >= 11 is 0. The van der Waals surface area contributed by atoms with E-state index in [9.17, 15) is 4.79 Å². The number of fused-ring (bicyclic) bond motifs is 5. The predicted molar refractivity (Wildman–Crippen MR) is 123 cm³/mol. The normalized spacial score (nSPS) is 42.7. The highest BCUT2D eigenvalue weighted by Gasteiger charge is 2.59. The molecule has 0 amide bonds. The molecule has 1 heteroatoms. The Kier molecular flexibility index (Phi) is 5.67. The van der Waals surface area contributed by atoms with Crippen molar-refractivity contribution in [3.63, 3.8) is 0 Å². The first-order valence-corrected chi connectivity index (χ1v) is 12.6. The molecule has 4 rings (SSSR count). The van der Waals surface area contributed by atoms with Gasteiger partial charge in [-0.3, -0.25) is 4.79 Å². The van der Waals surface area contributed by atoms with E-state index in [0.29, 0.717) is 22.5 Å². The zero-order valence-corrected chi connectivity index (χ0v) is 19.7. The number of hydrogen-bond donors (Lipinski definition) is 0. The minimum absolute atomic E-state index is 0.316. The molecule has 0 aromatic heterocycles. The zero-order valence-electron chi connectivity index (χ0n) is 19.7. The molecule has 0 heterocycles. The Morgan fingerprint density at radius 2 is 1.83 bits per heavy atom. The average Bonchev–Trinajstić information content (AvgIpc) is 3.03. The molecule has 0 saturated heterocycles. The standard InChI is InChI=1S/C28H44O/c1-18(2)19(3)7-8-20(4)24-11-12-25-23-10-9-21-17-22(29)13-15-27(21,5)26(23)14-16-28(24,25)6/h17-18,20,23-26H,3,7-16H2,1-2,4-6H3/t20-,23+,24-,25+,26+,27+,28-/m1/s1. The molecule has 0 unspecified atom stereocenters. The van der Waals surface area contributed by atoms with Gasteiger partial charge in [0.05, 0.1) is 0 Å². The molecular formula is C28H44O. The SMILES string of the molecule is C=C(CC[C@@H](C)[C@H]1CC[C@H]2[C@@H]3CCC4=CC(=O)CC[C@]4(C)[C@H]3CC[C@]12C)C(C)C. The van der Waals surface area contributed by atoms with Crippen LogP contribution in [-0.4, -0.2) is 5.78 Å². The van der Waals surface area contributed by atoms with Crippen LogP contribution < -0.4 is 0 Å². The molecular weight excluding hydrogens is 352 g/mol. The number of carbonyl (C=O) groups excluding carboxylic acids is 1. The molecule has 0 radical (unpaired) electrons. The van der Waals surface area contributed by atoms with E-state index >= 15 is 0 Å². The molecule has 7 atom stereocenters. The van der Waals surface area contributed by atoms with Crippen molar-refractivity contribution in [3.8, 4) is 0 Å². The number of allylic oxidation sites excluding steroid dienone is 2. The van der Waals surface area contributed by atoms with E-state index in [2.05, 4.69) is 47.3 Å². The Labute approximate surface area is 179 Å². The summed E-state index contributed by atoms with van der Waals surface area (Å²) in [5.74, 6) is 5.35. The molecule has 4 aliphatic carbocycles. The molecule has 3 fully saturated rings. The van der Waals surface area contributed by atoms with Crippen molar-refractivity contribution in [2.45, 2.75) is 98.8 Å². The second-order valence-corrected chi connectivity index (χ2v) is 12.0. The summed E-state index contributed by atoms with van der Waals surface area (Å²) in [5, 5.41) is 0. The van der Waals surface area contributed by atoms with Crippen molar-refractivity contribution in [2.24, 2.45) is 46.3 Å². The second kappa shape index (κ2) is 7.69. The average molecular weight is 397 g/mol. The first-order chi connectivity index (χ1) is 13.7. The fourth-order valence-corrected chi connectivity index (χ4v) is 8.44. The van der Waals surface area contributed by atoms with Crippen LogP contribution in [0.1, 0.15) is 98.8 Å². The van der Waals surface area contributed by atoms with Gasteiger partial charge >= 0.3 is 0 Å². The monoisotopic (exact) mass is 396 g/mol. The fraction of sp³-hybridized carbons (Fsp3) is 0.821. The Morgan fingerprint density at radius 1 is 1.07 bits per heavy atom. The number of ketones is 1. The van der Waals surface area contributed by atoms with Crippen molar-refractivity contribution in [1.29, 1.82) is 0 Å².